The Balaban J connectivity index is 1.01. The Hall–Kier alpha value is -12.4. The maximum atomic E-state index is 10.5. The molecule has 15 aromatic carbocycles. The van der Waals surface area contributed by atoms with Gasteiger partial charge in [0, 0.05) is 72.2 Å². The van der Waals surface area contributed by atoms with Gasteiger partial charge in [0.25, 0.3) is 6.71 Å². The van der Waals surface area contributed by atoms with E-state index < -0.39 is 101 Å². The number of para-hydroxylation sites is 1. The lowest BCUT2D eigenvalue weighted by Gasteiger charge is -2.47. The van der Waals surface area contributed by atoms with Crippen LogP contribution in [0.5, 0.6) is 0 Å². The molecular weight excluding hydrogens is 1390 g/mol. The highest BCUT2D eigenvalue weighted by Crippen LogP contribution is 2.57. The average molecular weight is 1500 g/mol. The lowest BCUT2D eigenvalue weighted by molar-refractivity contribution is 0.569. The van der Waals surface area contributed by atoms with Crippen LogP contribution in [0.4, 0.5) is 34.1 Å². The van der Waals surface area contributed by atoms with Crippen LogP contribution in [-0.4, -0.2) is 11.3 Å². The summed E-state index contributed by atoms with van der Waals surface area (Å²) in [5, 5.41) is 1.67. The van der Waals surface area contributed by atoms with Gasteiger partial charge in [-0.3, -0.25) is 0 Å². The van der Waals surface area contributed by atoms with Crippen LogP contribution in [0.25, 0.3) is 138 Å². The van der Waals surface area contributed by atoms with Crippen molar-refractivity contribution in [1.82, 2.24) is 4.57 Å². The molecule has 0 spiro atoms. The van der Waals surface area contributed by atoms with E-state index in [1.54, 1.807) is 4.57 Å². The molecule has 560 valence electrons. The van der Waals surface area contributed by atoms with Crippen molar-refractivity contribution in [2.75, 3.05) is 9.80 Å². The monoisotopic (exact) mass is 1500 g/mol. The molecule has 5 heterocycles. The molecule has 13 bridgehead atoms. The standard InChI is InChI=1S/C110H96BN3O/c1-106(2,3)79-53-78(54-80(59-79)107(4,5)6)75-41-46-93-97(58-75)113-99-64-83(110(13,14)15)65-100-103(99)111(93)94-47-45-84(112-95-40-26-25-39-85(95)90-55-72(42-48-96(90)112)67-29-19-16-20-30-67)66-98(94)114(100)105-87(69-33-23-18-24-34-69)61-82(109(10,11)12)63-89(105)77-38-28-36-71(52-77)74-44-50-102-92(57-74)91-56-73(43-49-101(91)115-102)70-35-27-37-76(51-70)88-62-81(108(7,8)9)60-86(104(88)113)68-31-21-17-22-32-68/h16-66H,1-15H3/i16D,19D,20D,25D,26D,29D,30D,39D,40D,42D,48D,55D. The van der Waals surface area contributed by atoms with E-state index in [0.29, 0.717) is 11.4 Å². The van der Waals surface area contributed by atoms with Gasteiger partial charge in [-0.05, 0) is 247 Å². The summed E-state index contributed by atoms with van der Waals surface area (Å²) in [5.41, 5.74) is 26.6. The van der Waals surface area contributed by atoms with E-state index in [-0.39, 0.29) is 38.1 Å². The summed E-state index contributed by atoms with van der Waals surface area (Å²) in [6, 6.07) is 79.8. The smallest absolute Gasteiger partial charge is 0.252 e. The van der Waals surface area contributed by atoms with Gasteiger partial charge in [0.15, 0.2) is 0 Å². The van der Waals surface area contributed by atoms with Crippen molar-refractivity contribution in [3.63, 3.8) is 0 Å². The van der Waals surface area contributed by atoms with Gasteiger partial charge in [-0.25, -0.2) is 0 Å². The molecule has 0 N–H and O–H groups in total. The molecule has 5 heteroatoms. The highest BCUT2D eigenvalue weighted by Gasteiger charge is 2.47. The first-order valence-electron chi connectivity index (χ1n) is 46.1. The van der Waals surface area contributed by atoms with E-state index in [2.05, 4.69) is 338 Å². The fourth-order valence-corrected chi connectivity index (χ4v) is 17.7. The Bertz CT molecular complexity index is 7580. The molecule has 0 fully saturated rings. The second-order valence-corrected chi connectivity index (χ2v) is 36.9. The van der Waals surface area contributed by atoms with Gasteiger partial charge in [0.05, 0.1) is 38.9 Å². The number of rotatable bonds is 5. The van der Waals surface area contributed by atoms with Crippen LogP contribution in [-0.2, 0) is 27.1 Å². The quantitative estimate of drug-likeness (QED) is 0.161. The zero-order chi connectivity index (χ0) is 89.5. The Labute approximate surface area is 695 Å². The van der Waals surface area contributed by atoms with Crippen LogP contribution in [0.15, 0.2) is 314 Å². The summed E-state index contributed by atoms with van der Waals surface area (Å²) in [6.07, 6.45) is 0. The summed E-state index contributed by atoms with van der Waals surface area (Å²) in [4.78, 5) is 5.06. The van der Waals surface area contributed by atoms with Crippen LogP contribution in [0, 0.1) is 0 Å². The van der Waals surface area contributed by atoms with E-state index in [1.807, 2.05) is 12.1 Å². The minimum absolute atomic E-state index is 0.0841. The summed E-state index contributed by atoms with van der Waals surface area (Å²) in [7, 11) is 0. The molecule has 3 aliphatic heterocycles. The lowest BCUT2D eigenvalue weighted by Crippen LogP contribution is -2.61. The largest absolute Gasteiger partial charge is 0.456 e. The predicted molar refractivity (Wildman–Crippen MR) is 493 cm³/mol. The third-order valence-corrected chi connectivity index (χ3v) is 24.1. The van der Waals surface area contributed by atoms with Gasteiger partial charge in [-0.15, -0.1) is 0 Å². The predicted octanol–water partition coefficient (Wildman–Crippen LogP) is 28.9. The summed E-state index contributed by atoms with van der Waals surface area (Å²) in [5.74, 6) is 0. The Kier molecular flexibility index (Phi) is 13.4. The molecule has 17 aromatic rings. The van der Waals surface area contributed by atoms with Crippen molar-refractivity contribution in [3.05, 3.63) is 337 Å². The normalized spacial score (nSPS) is 14.8. The molecule has 2 aromatic heterocycles. The number of hydrogen-bond donors (Lipinski definition) is 0. The molecule has 0 amide bonds. The summed E-state index contributed by atoms with van der Waals surface area (Å²) in [6.45, 7) is 33.6. The van der Waals surface area contributed by atoms with Gasteiger partial charge in [-0.2, -0.15) is 0 Å². The molecule has 0 saturated carbocycles. The Morgan fingerprint density at radius 1 is 0.278 bits per heavy atom. The van der Waals surface area contributed by atoms with Crippen LogP contribution >= 0.6 is 0 Å². The third kappa shape index (κ3) is 12.0. The molecule has 4 nitrogen and oxygen atoms in total. The molecule has 0 saturated heterocycles. The maximum absolute atomic E-state index is 10.5. The second-order valence-electron chi connectivity index (χ2n) is 36.9. The number of nitrogens with zero attached hydrogens (tertiary/aromatic N) is 3. The molecule has 0 atom stereocenters. The van der Waals surface area contributed by atoms with Gasteiger partial charge in [0.1, 0.15) is 11.2 Å². The molecule has 0 unspecified atom stereocenters. The fraction of sp³-hybridized carbons (Fsp3) is 0.182. The van der Waals surface area contributed by atoms with E-state index in [0.717, 1.165) is 161 Å². The van der Waals surface area contributed by atoms with Crippen molar-refractivity contribution in [2.24, 2.45) is 0 Å². The summed E-state index contributed by atoms with van der Waals surface area (Å²) >= 11 is 0. The lowest BCUT2D eigenvalue weighted by atomic mass is 9.33. The van der Waals surface area contributed by atoms with E-state index >= 15 is 0 Å². The molecular formula is C110H96BN3O. The zero-order valence-corrected chi connectivity index (χ0v) is 67.8. The first-order valence-corrected chi connectivity index (χ1v) is 40.1. The maximum Gasteiger partial charge on any atom is 0.252 e. The van der Waals surface area contributed by atoms with Crippen molar-refractivity contribution in [1.29, 1.82) is 0 Å². The van der Waals surface area contributed by atoms with Crippen molar-refractivity contribution in [2.45, 2.75) is 131 Å². The van der Waals surface area contributed by atoms with Gasteiger partial charge < -0.3 is 18.8 Å². The fourth-order valence-electron chi connectivity index (χ4n) is 17.7. The second kappa shape index (κ2) is 26.1. The number of furan rings is 1. The molecule has 0 aliphatic carbocycles. The molecule has 0 radical (unpaired) electrons. The Morgan fingerprint density at radius 2 is 0.696 bits per heavy atom. The van der Waals surface area contributed by atoms with E-state index in [4.69, 9.17) is 8.53 Å². The number of anilines is 6. The zero-order valence-electron chi connectivity index (χ0n) is 79.8. The van der Waals surface area contributed by atoms with Crippen LogP contribution in [0.1, 0.15) is 148 Å². The molecule has 115 heavy (non-hydrogen) atoms. The SMILES string of the molecule is [2H]c1c([2H])c([2H])c(-c2c([2H])c([2H])c3c(c2[2H])c2c([2H])c([2H])c([2H])c([2H])c2n3-c2ccc3c(c2)N2c4cc(C(C)(C)C)cc5c4B3c3ccc(-c4cc(C(C)(C)C)cc(C(C)(C)C)c4)cc3N5c3c(-c4ccccc4)cc(C(C)(C)C)cc3-c3cccc(c3)-c3ccc4oc5ccc(cc5c4c3)-c3cccc(c3)-c3cc(C(C)(C)C)cc(-c4ccccc4)c32)c([2H])c1[2H]. The highest BCUT2D eigenvalue weighted by atomic mass is 16.3. The average Bonchev–Trinajstić information content (AvgIpc) is 1.15. The number of hydrogen-bond acceptors (Lipinski definition) is 3. The summed E-state index contributed by atoms with van der Waals surface area (Å²) < 4.78 is 123. The van der Waals surface area contributed by atoms with Crippen molar-refractivity contribution in [3.8, 4) is 94.7 Å². The minimum atomic E-state index is -0.701. The first-order chi connectivity index (χ1) is 60.1. The third-order valence-electron chi connectivity index (χ3n) is 24.1. The van der Waals surface area contributed by atoms with Gasteiger partial charge in [0.2, 0.25) is 0 Å². The van der Waals surface area contributed by atoms with Crippen LogP contribution in [0.3, 0.4) is 0 Å². The van der Waals surface area contributed by atoms with Crippen molar-refractivity contribution >= 4 is 101 Å². The van der Waals surface area contributed by atoms with Crippen LogP contribution < -0.4 is 26.2 Å². The van der Waals surface area contributed by atoms with Crippen molar-refractivity contribution < 1.29 is 20.9 Å². The van der Waals surface area contributed by atoms with Crippen LogP contribution in [0.2, 0.25) is 0 Å². The number of fused-ring (bicyclic) bond motifs is 23. The number of aromatic nitrogens is 1. The topological polar surface area (TPSA) is 24.6 Å². The molecule has 20 rings (SSSR count). The first kappa shape index (κ1) is 59.3. The highest BCUT2D eigenvalue weighted by molar-refractivity contribution is 7.00. The number of benzene rings is 15. The van der Waals surface area contributed by atoms with E-state index in [1.165, 1.54) is 11.1 Å². The van der Waals surface area contributed by atoms with Gasteiger partial charge >= 0.3 is 0 Å². The Morgan fingerprint density at radius 3 is 1.22 bits per heavy atom. The van der Waals surface area contributed by atoms with Gasteiger partial charge in [-0.1, -0.05) is 304 Å². The van der Waals surface area contributed by atoms with E-state index in [9.17, 15) is 12.3 Å². The molecule has 3 aliphatic rings. The minimum Gasteiger partial charge on any atom is -0.456 e.